The van der Waals surface area contributed by atoms with Crippen LogP contribution in [0.4, 0.5) is 0 Å². The molecule has 1 heterocycles. The average molecular weight is 252 g/mol. The molecule has 5 heteroatoms. The molecule has 100 valence electrons. The van der Waals surface area contributed by atoms with Crippen molar-refractivity contribution in [1.29, 1.82) is 0 Å². The second kappa shape index (κ2) is 7.79. The number of aliphatic hydroxyl groups is 1. The molecular formula is C13H20N2O3. The standard InChI is InChI=1S/C13H20N2O3/c1-3-18-13(17)7-12(16)9-15-10(2)11-5-4-6-14-8-11/h4-6,8,10,12,15-16H,3,7,9H2,1-2H3. The van der Waals surface area contributed by atoms with Crippen molar-refractivity contribution in [3.63, 3.8) is 0 Å². The number of hydrogen-bond donors (Lipinski definition) is 2. The number of ether oxygens (including phenoxy) is 1. The van der Waals surface area contributed by atoms with Gasteiger partial charge in [-0.25, -0.2) is 0 Å². The zero-order valence-electron chi connectivity index (χ0n) is 10.8. The molecule has 0 saturated heterocycles. The van der Waals surface area contributed by atoms with Gasteiger partial charge in [0.25, 0.3) is 0 Å². The molecule has 0 saturated carbocycles. The van der Waals surface area contributed by atoms with Gasteiger partial charge in [0, 0.05) is 25.0 Å². The van der Waals surface area contributed by atoms with Crippen molar-refractivity contribution < 1.29 is 14.6 Å². The third-order valence-corrected chi connectivity index (χ3v) is 2.55. The fourth-order valence-corrected chi connectivity index (χ4v) is 1.55. The zero-order chi connectivity index (χ0) is 13.4. The molecule has 0 aliphatic carbocycles. The average Bonchev–Trinajstić information content (AvgIpc) is 2.37. The molecular weight excluding hydrogens is 232 g/mol. The Bertz CT molecular complexity index is 357. The summed E-state index contributed by atoms with van der Waals surface area (Å²) in [6.45, 7) is 4.40. The summed E-state index contributed by atoms with van der Waals surface area (Å²) >= 11 is 0. The minimum atomic E-state index is -0.733. The van der Waals surface area contributed by atoms with Crippen LogP contribution in [0, 0.1) is 0 Å². The smallest absolute Gasteiger partial charge is 0.308 e. The maximum Gasteiger partial charge on any atom is 0.308 e. The SMILES string of the molecule is CCOC(=O)CC(O)CNC(C)c1cccnc1. The van der Waals surface area contributed by atoms with Crippen LogP contribution < -0.4 is 5.32 Å². The Morgan fingerprint density at radius 1 is 1.61 bits per heavy atom. The molecule has 0 aliphatic heterocycles. The summed E-state index contributed by atoms with van der Waals surface area (Å²) in [7, 11) is 0. The van der Waals surface area contributed by atoms with Gasteiger partial charge in [-0.15, -0.1) is 0 Å². The van der Waals surface area contributed by atoms with Gasteiger partial charge in [-0.1, -0.05) is 6.07 Å². The summed E-state index contributed by atoms with van der Waals surface area (Å²) in [6.07, 6.45) is 2.77. The molecule has 0 bridgehead atoms. The molecule has 5 nitrogen and oxygen atoms in total. The number of aliphatic hydroxyl groups excluding tert-OH is 1. The topological polar surface area (TPSA) is 71.5 Å². The number of esters is 1. The van der Waals surface area contributed by atoms with E-state index in [2.05, 4.69) is 10.3 Å². The molecule has 2 N–H and O–H groups in total. The summed E-state index contributed by atoms with van der Waals surface area (Å²) in [5.74, 6) is -0.374. The Balaban J connectivity index is 2.30. The van der Waals surface area contributed by atoms with E-state index in [-0.39, 0.29) is 18.4 Å². The quantitative estimate of drug-likeness (QED) is 0.710. The number of carbonyl (C=O) groups excluding carboxylic acids is 1. The Morgan fingerprint density at radius 2 is 2.39 bits per heavy atom. The lowest BCUT2D eigenvalue weighted by atomic mass is 10.1. The van der Waals surface area contributed by atoms with E-state index in [1.54, 1.807) is 19.3 Å². The molecule has 1 aromatic rings. The monoisotopic (exact) mass is 252 g/mol. The van der Waals surface area contributed by atoms with E-state index >= 15 is 0 Å². The van der Waals surface area contributed by atoms with Crippen LogP contribution in [0.5, 0.6) is 0 Å². The fraction of sp³-hybridized carbons (Fsp3) is 0.538. The van der Waals surface area contributed by atoms with E-state index < -0.39 is 6.10 Å². The van der Waals surface area contributed by atoms with Crippen LogP contribution in [0.15, 0.2) is 24.5 Å². The molecule has 0 aliphatic rings. The number of pyridine rings is 1. The Morgan fingerprint density at radius 3 is 3.00 bits per heavy atom. The first-order chi connectivity index (χ1) is 8.63. The molecule has 2 atom stereocenters. The molecule has 2 unspecified atom stereocenters. The highest BCUT2D eigenvalue weighted by atomic mass is 16.5. The van der Waals surface area contributed by atoms with Crippen LogP contribution in [0.2, 0.25) is 0 Å². The lowest BCUT2D eigenvalue weighted by Gasteiger charge is -2.16. The summed E-state index contributed by atoms with van der Waals surface area (Å²) in [5, 5.41) is 12.8. The fourth-order valence-electron chi connectivity index (χ4n) is 1.55. The van der Waals surface area contributed by atoms with Gasteiger partial charge >= 0.3 is 5.97 Å². The van der Waals surface area contributed by atoms with Gasteiger partial charge in [0.05, 0.1) is 19.1 Å². The normalized spacial score (nSPS) is 13.9. The summed E-state index contributed by atoms with van der Waals surface area (Å²) in [5.41, 5.74) is 1.04. The number of hydrogen-bond acceptors (Lipinski definition) is 5. The zero-order valence-corrected chi connectivity index (χ0v) is 10.8. The van der Waals surface area contributed by atoms with Crippen LogP contribution in [-0.2, 0) is 9.53 Å². The minimum absolute atomic E-state index is 0.0145. The van der Waals surface area contributed by atoms with E-state index in [0.29, 0.717) is 13.2 Å². The van der Waals surface area contributed by atoms with E-state index in [1.165, 1.54) is 0 Å². The first-order valence-corrected chi connectivity index (χ1v) is 6.10. The highest BCUT2D eigenvalue weighted by molar-refractivity contribution is 5.69. The number of nitrogens with one attached hydrogen (secondary N) is 1. The van der Waals surface area contributed by atoms with Crippen LogP contribution in [-0.4, -0.2) is 35.3 Å². The number of nitrogens with zero attached hydrogens (tertiary/aromatic N) is 1. The molecule has 0 spiro atoms. The van der Waals surface area contributed by atoms with Gasteiger partial charge in [-0.2, -0.15) is 0 Å². The minimum Gasteiger partial charge on any atom is -0.466 e. The van der Waals surface area contributed by atoms with Gasteiger partial charge < -0.3 is 15.2 Å². The third kappa shape index (κ3) is 5.25. The van der Waals surface area contributed by atoms with E-state index in [1.807, 2.05) is 19.1 Å². The summed E-state index contributed by atoms with van der Waals surface area (Å²) < 4.78 is 4.77. The highest BCUT2D eigenvalue weighted by Gasteiger charge is 2.13. The maximum atomic E-state index is 11.1. The molecule has 0 radical (unpaired) electrons. The van der Waals surface area contributed by atoms with Gasteiger partial charge in [-0.05, 0) is 25.5 Å². The second-order valence-corrected chi connectivity index (χ2v) is 4.08. The van der Waals surface area contributed by atoms with Crippen molar-refractivity contribution in [3.8, 4) is 0 Å². The van der Waals surface area contributed by atoms with Crippen molar-refractivity contribution in [2.45, 2.75) is 32.4 Å². The number of aromatic nitrogens is 1. The van der Waals surface area contributed by atoms with Crippen molar-refractivity contribution in [2.75, 3.05) is 13.2 Å². The Labute approximate surface area is 107 Å². The molecule has 1 aromatic heterocycles. The Kier molecular flexibility index (Phi) is 6.32. The van der Waals surface area contributed by atoms with Gasteiger partial charge in [-0.3, -0.25) is 9.78 Å². The highest BCUT2D eigenvalue weighted by Crippen LogP contribution is 2.09. The molecule has 0 fully saturated rings. The van der Waals surface area contributed by atoms with E-state index in [9.17, 15) is 9.90 Å². The van der Waals surface area contributed by atoms with Gasteiger partial charge in [0.2, 0.25) is 0 Å². The third-order valence-electron chi connectivity index (χ3n) is 2.55. The Hall–Kier alpha value is -1.46. The first-order valence-electron chi connectivity index (χ1n) is 6.10. The number of rotatable bonds is 7. The maximum absolute atomic E-state index is 11.1. The lowest BCUT2D eigenvalue weighted by Crippen LogP contribution is -2.31. The molecule has 0 aromatic carbocycles. The van der Waals surface area contributed by atoms with Crippen molar-refractivity contribution in [1.82, 2.24) is 10.3 Å². The van der Waals surface area contributed by atoms with Crippen LogP contribution in [0.3, 0.4) is 0 Å². The van der Waals surface area contributed by atoms with Crippen LogP contribution in [0.25, 0.3) is 0 Å². The van der Waals surface area contributed by atoms with Gasteiger partial charge in [0.1, 0.15) is 0 Å². The predicted molar refractivity (Wildman–Crippen MR) is 67.9 cm³/mol. The number of carbonyl (C=O) groups is 1. The summed E-state index contributed by atoms with van der Waals surface area (Å²) in [4.78, 5) is 15.2. The van der Waals surface area contributed by atoms with Crippen molar-refractivity contribution in [3.05, 3.63) is 30.1 Å². The first kappa shape index (κ1) is 14.6. The van der Waals surface area contributed by atoms with Crippen LogP contribution in [0.1, 0.15) is 31.9 Å². The van der Waals surface area contributed by atoms with Gasteiger partial charge in [0.15, 0.2) is 0 Å². The van der Waals surface area contributed by atoms with E-state index in [0.717, 1.165) is 5.56 Å². The largest absolute Gasteiger partial charge is 0.466 e. The molecule has 18 heavy (non-hydrogen) atoms. The predicted octanol–water partition coefficient (Wildman–Crippen LogP) is 1.05. The molecule has 0 amide bonds. The van der Waals surface area contributed by atoms with Crippen molar-refractivity contribution >= 4 is 5.97 Å². The van der Waals surface area contributed by atoms with E-state index in [4.69, 9.17) is 4.74 Å². The van der Waals surface area contributed by atoms with Crippen LogP contribution >= 0.6 is 0 Å². The van der Waals surface area contributed by atoms with Crippen molar-refractivity contribution in [2.24, 2.45) is 0 Å². The lowest BCUT2D eigenvalue weighted by molar-refractivity contribution is -0.145. The second-order valence-electron chi connectivity index (χ2n) is 4.08. The summed E-state index contributed by atoms with van der Waals surface area (Å²) in [6, 6.07) is 3.90. The molecule has 1 rings (SSSR count).